The highest BCUT2D eigenvalue weighted by Crippen LogP contribution is 2.15. The summed E-state index contributed by atoms with van der Waals surface area (Å²) in [5.74, 6) is -0.507. The molecule has 4 nitrogen and oxygen atoms in total. The minimum atomic E-state index is -0.352. The summed E-state index contributed by atoms with van der Waals surface area (Å²) in [6.07, 6.45) is 0.849. The third-order valence-electron chi connectivity index (χ3n) is 2.00. The molecule has 1 rings (SSSR count). The number of amides is 2. The smallest absolute Gasteiger partial charge is 0.252 e. The van der Waals surface area contributed by atoms with Crippen LogP contribution in [-0.2, 0) is 4.79 Å². The van der Waals surface area contributed by atoms with Gasteiger partial charge in [0.25, 0.3) is 5.91 Å². The lowest BCUT2D eigenvalue weighted by atomic mass is 10.2. The van der Waals surface area contributed by atoms with Crippen LogP contribution in [-0.4, -0.2) is 18.4 Å². The summed E-state index contributed by atoms with van der Waals surface area (Å²) in [4.78, 5) is 22.1. The van der Waals surface area contributed by atoms with Gasteiger partial charge in [0, 0.05) is 17.4 Å². The fraction of sp³-hybridized carbons (Fsp3) is 0.273. The first-order valence-corrected chi connectivity index (χ1v) is 5.71. The normalized spacial score (nSPS) is 9.81. The lowest BCUT2D eigenvalue weighted by Gasteiger charge is -2.05. The molecule has 0 spiro atoms. The SMILES string of the molecule is NC(=O)CCCNC(=O)c1ccccc1Br. The van der Waals surface area contributed by atoms with Crippen LogP contribution in [0.4, 0.5) is 0 Å². The number of primary amides is 1. The maximum Gasteiger partial charge on any atom is 0.252 e. The Morgan fingerprint density at radius 1 is 1.31 bits per heavy atom. The standard InChI is InChI=1S/C11H13BrN2O2/c12-9-5-2-1-4-8(9)11(16)14-7-3-6-10(13)15/h1-2,4-5H,3,6-7H2,(H2,13,15)(H,14,16). The molecule has 0 aromatic heterocycles. The van der Waals surface area contributed by atoms with E-state index in [4.69, 9.17) is 5.73 Å². The van der Waals surface area contributed by atoms with Crippen LogP contribution in [0.15, 0.2) is 28.7 Å². The first-order valence-electron chi connectivity index (χ1n) is 4.92. The summed E-state index contributed by atoms with van der Waals surface area (Å²) in [5, 5.41) is 2.72. The van der Waals surface area contributed by atoms with E-state index in [1.54, 1.807) is 18.2 Å². The number of carbonyl (C=O) groups excluding carboxylic acids is 2. The number of benzene rings is 1. The summed E-state index contributed by atoms with van der Waals surface area (Å²) in [6, 6.07) is 7.17. The Kier molecular flexibility index (Phi) is 4.98. The van der Waals surface area contributed by atoms with Crippen molar-refractivity contribution in [2.75, 3.05) is 6.54 Å². The zero-order valence-corrected chi connectivity index (χ0v) is 10.3. The fourth-order valence-corrected chi connectivity index (χ4v) is 1.67. The Bertz CT molecular complexity index is 393. The summed E-state index contributed by atoms with van der Waals surface area (Å²) in [7, 11) is 0. The van der Waals surface area contributed by atoms with Crippen LogP contribution in [0.3, 0.4) is 0 Å². The van der Waals surface area contributed by atoms with Crippen LogP contribution in [0.1, 0.15) is 23.2 Å². The van der Waals surface area contributed by atoms with E-state index < -0.39 is 0 Å². The highest BCUT2D eigenvalue weighted by atomic mass is 79.9. The fourth-order valence-electron chi connectivity index (χ4n) is 1.21. The average Bonchev–Trinajstić information content (AvgIpc) is 2.24. The lowest BCUT2D eigenvalue weighted by molar-refractivity contribution is -0.118. The maximum atomic E-state index is 11.7. The molecule has 0 fully saturated rings. The van der Waals surface area contributed by atoms with E-state index in [2.05, 4.69) is 21.2 Å². The van der Waals surface area contributed by atoms with Crippen molar-refractivity contribution in [2.24, 2.45) is 5.73 Å². The quantitative estimate of drug-likeness (QED) is 0.804. The highest BCUT2D eigenvalue weighted by Gasteiger charge is 2.07. The Morgan fingerprint density at radius 2 is 2.00 bits per heavy atom. The van der Waals surface area contributed by atoms with Gasteiger partial charge in [-0.1, -0.05) is 12.1 Å². The molecular weight excluding hydrogens is 272 g/mol. The van der Waals surface area contributed by atoms with Crippen LogP contribution in [0, 0.1) is 0 Å². The van der Waals surface area contributed by atoms with E-state index in [0.29, 0.717) is 18.5 Å². The van der Waals surface area contributed by atoms with Crippen LogP contribution in [0.5, 0.6) is 0 Å². The monoisotopic (exact) mass is 284 g/mol. The molecule has 5 heteroatoms. The van der Waals surface area contributed by atoms with Gasteiger partial charge in [-0.15, -0.1) is 0 Å². The number of nitrogens with two attached hydrogens (primary N) is 1. The molecule has 3 N–H and O–H groups in total. The van der Waals surface area contributed by atoms with Gasteiger partial charge in [0.1, 0.15) is 0 Å². The van der Waals surface area contributed by atoms with Gasteiger partial charge in [0.15, 0.2) is 0 Å². The van der Waals surface area contributed by atoms with Gasteiger partial charge < -0.3 is 11.1 Å². The molecule has 2 amide bonds. The van der Waals surface area contributed by atoms with E-state index in [9.17, 15) is 9.59 Å². The average molecular weight is 285 g/mol. The van der Waals surface area contributed by atoms with Crippen molar-refractivity contribution in [3.05, 3.63) is 34.3 Å². The van der Waals surface area contributed by atoms with Gasteiger partial charge in [0.05, 0.1) is 5.56 Å². The van der Waals surface area contributed by atoms with Gasteiger partial charge >= 0.3 is 0 Å². The second kappa shape index (κ2) is 6.27. The number of nitrogens with one attached hydrogen (secondary N) is 1. The molecule has 0 saturated heterocycles. The van der Waals surface area contributed by atoms with Crippen molar-refractivity contribution >= 4 is 27.7 Å². The van der Waals surface area contributed by atoms with E-state index >= 15 is 0 Å². The minimum absolute atomic E-state index is 0.156. The van der Waals surface area contributed by atoms with E-state index in [1.165, 1.54) is 0 Å². The zero-order valence-electron chi connectivity index (χ0n) is 8.70. The van der Waals surface area contributed by atoms with Crippen molar-refractivity contribution in [1.82, 2.24) is 5.32 Å². The number of hydrogen-bond donors (Lipinski definition) is 2. The first-order chi connectivity index (χ1) is 7.61. The predicted molar refractivity (Wildman–Crippen MR) is 64.9 cm³/mol. The minimum Gasteiger partial charge on any atom is -0.370 e. The van der Waals surface area contributed by atoms with Gasteiger partial charge in [-0.05, 0) is 34.5 Å². The summed E-state index contributed by atoms with van der Waals surface area (Å²) in [6.45, 7) is 0.448. The first kappa shape index (κ1) is 12.7. The predicted octanol–water partition coefficient (Wildman–Crippen LogP) is 1.44. The molecule has 0 aliphatic carbocycles. The Morgan fingerprint density at radius 3 is 2.62 bits per heavy atom. The van der Waals surface area contributed by atoms with Crippen LogP contribution < -0.4 is 11.1 Å². The van der Waals surface area contributed by atoms with Crippen molar-refractivity contribution in [3.8, 4) is 0 Å². The van der Waals surface area contributed by atoms with Crippen molar-refractivity contribution in [2.45, 2.75) is 12.8 Å². The van der Waals surface area contributed by atoms with Crippen LogP contribution in [0.2, 0.25) is 0 Å². The topological polar surface area (TPSA) is 72.2 Å². The molecule has 0 saturated carbocycles. The number of hydrogen-bond acceptors (Lipinski definition) is 2. The molecule has 0 radical (unpaired) electrons. The zero-order chi connectivity index (χ0) is 12.0. The Labute approximate surface area is 102 Å². The van der Waals surface area contributed by atoms with E-state index in [-0.39, 0.29) is 18.2 Å². The maximum absolute atomic E-state index is 11.7. The Hall–Kier alpha value is -1.36. The molecule has 0 heterocycles. The molecular formula is C11H13BrN2O2. The largest absolute Gasteiger partial charge is 0.370 e. The molecule has 0 atom stereocenters. The highest BCUT2D eigenvalue weighted by molar-refractivity contribution is 9.10. The number of carbonyl (C=O) groups is 2. The third kappa shape index (κ3) is 4.02. The lowest BCUT2D eigenvalue weighted by Crippen LogP contribution is -2.25. The van der Waals surface area contributed by atoms with Gasteiger partial charge in [-0.25, -0.2) is 0 Å². The van der Waals surface area contributed by atoms with E-state index in [0.717, 1.165) is 4.47 Å². The molecule has 0 aliphatic rings. The van der Waals surface area contributed by atoms with Crippen LogP contribution in [0.25, 0.3) is 0 Å². The van der Waals surface area contributed by atoms with Crippen molar-refractivity contribution in [3.63, 3.8) is 0 Å². The van der Waals surface area contributed by atoms with Gasteiger partial charge in [-0.3, -0.25) is 9.59 Å². The van der Waals surface area contributed by atoms with Crippen LogP contribution >= 0.6 is 15.9 Å². The summed E-state index contributed by atoms with van der Waals surface area (Å²) < 4.78 is 0.752. The molecule has 0 aliphatic heterocycles. The second-order valence-corrected chi connectivity index (χ2v) is 4.16. The van der Waals surface area contributed by atoms with Gasteiger partial charge in [-0.2, -0.15) is 0 Å². The summed E-state index contributed by atoms with van der Waals surface area (Å²) in [5.41, 5.74) is 5.57. The molecule has 1 aromatic carbocycles. The Balaban J connectivity index is 2.41. The number of halogens is 1. The van der Waals surface area contributed by atoms with E-state index in [1.807, 2.05) is 6.07 Å². The summed E-state index contributed by atoms with van der Waals surface area (Å²) >= 11 is 3.29. The third-order valence-corrected chi connectivity index (χ3v) is 2.70. The molecule has 86 valence electrons. The number of rotatable bonds is 5. The molecule has 0 bridgehead atoms. The van der Waals surface area contributed by atoms with Crippen molar-refractivity contribution < 1.29 is 9.59 Å². The second-order valence-electron chi connectivity index (χ2n) is 3.31. The molecule has 1 aromatic rings. The van der Waals surface area contributed by atoms with Gasteiger partial charge in [0.2, 0.25) is 5.91 Å². The molecule has 0 unspecified atom stereocenters. The molecule has 16 heavy (non-hydrogen) atoms. The van der Waals surface area contributed by atoms with Crippen molar-refractivity contribution in [1.29, 1.82) is 0 Å².